The molecule has 1 heterocycles. The Labute approximate surface area is 149 Å². The lowest BCUT2D eigenvalue weighted by atomic mass is 10.1. The van der Waals surface area contributed by atoms with Gasteiger partial charge in [0.1, 0.15) is 0 Å². The standard InChI is InChI=1S/C19H27N3O3/c1-14-12-18(24)22(19(14)25)11-5-3-4-6-17(23)21-13-15-7-9-16(20-2)10-8-15/h7-10,14,20H,3-6,11-13H2,1-2H3,(H,21,23). The zero-order valence-corrected chi connectivity index (χ0v) is 15.0. The molecule has 1 atom stereocenters. The molecule has 1 fully saturated rings. The summed E-state index contributed by atoms with van der Waals surface area (Å²) >= 11 is 0. The summed E-state index contributed by atoms with van der Waals surface area (Å²) in [4.78, 5) is 36.7. The van der Waals surface area contributed by atoms with E-state index in [1.54, 1.807) is 6.92 Å². The zero-order chi connectivity index (χ0) is 18.2. The number of anilines is 1. The van der Waals surface area contributed by atoms with Gasteiger partial charge in [-0.15, -0.1) is 0 Å². The molecule has 2 rings (SSSR count). The van der Waals surface area contributed by atoms with Crippen molar-refractivity contribution in [2.24, 2.45) is 5.92 Å². The average Bonchev–Trinajstić information content (AvgIpc) is 2.86. The third kappa shape index (κ3) is 5.59. The Balaban J connectivity index is 1.57. The van der Waals surface area contributed by atoms with Crippen LogP contribution in [0.25, 0.3) is 0 Å². The molecule has 25 heavy (non-hydrogen) atoms. The first kappa shape index (κ1) is 19.0. The van der Waals surface area contributed by atoms with Crippen LogP contribution >= 0.6 is 0 Å². The van der Waals surface area contributed by atoms with E-state index in [0.717, 1.165) is 30.5 Å². The number of hydrogen-bond acceptors (Lipinski definition) is 4. The summed E-state index contributed by atoms with van der Waals surface area (Å²) in [7, 11) is 1.87. The summed E-state index contributed by atoms with van der Waals surface area (Å²) in [5.74, 6) is -0.285. The van der Waals surface area contributed by atoms with Gasteiger partial charge in [0.25, 0.3) is 0 Å². The number of carbonyl (C=O) groups excluding carboxylic acids is 3. The van der Waals surface area contributed by atoms with Crippen molar-refractivity contribution in [3.8, 4) is 0 Å². The third-order valence-electron chi connectivity index (χ3n) is 4.49. The van der Waals surface area contributed by atoms with Crippen molar-refractivity contribution in [3.63, 3.8) is 0 Å². The van der Waals surface area contributed by atoms with Gasteiger partial charge in [-0.25, -0.2) is 0 Å². The van der Waals surface area contributed by atoms with Crippen LogP contribution in [0.3, 0.4) is 0 Å². The van der Waals surface area contributed by atoms with E-state index >= 15 is 0 Å². The molecule has 0 bridgehead atoms. The molecule has 6 nitrogen and oxygen atoms in total. The molecule has 3 amide bonds. The van der Waals surface area contributed by atoms with Crippen LogP contribution in [0.15, 0.2) is 24.3 Å². The van der Waals surface area contributed by atoms with E-state index < -0.39 is 0 Å². The Morgan fingerprint density at radius 1 is 1.16 bits per heavy atom. The maximum atomic E-state index is 11.9. The zero-order valence-electron chi connectivity index (χ0n) is 15.0. The first-order valence-corrected chi connectivity index (χ1v) is 8.89. The van der Waals surface area contributed by atoms with Gasteiger partial charge < -0.3 is 10.6 Å². The molecule has 0 spiro atoms. The van der Waals surface area contributed by atoms with Crippen molar-refractivity contribution in [1.29, 1.82) is 0 Å². The first-order chi connectivity index (χ1) is 12.0. The third-order valence-corrected chi connectivity index (χ3v) is 4.49. The Morgan fingerprint density at radius 3 is 2.48 bits per heavy atom. The van der Waals surface area contributed by atoms with E-state index in [4.69, 9.17) is 0 Å². The second-order valence-electron chi connectivity index (χ2n) is 6.52. The van der Waals surface area contributed by atoms with Gasteiger partial charge in [-0.3, -0.25) is 19.3 Å². The summed E-state index contributed by atoms with van der Waals surface area (Å²) in [5, 5.41) is 5.96. The van der Waals surface area contributed by atoms with Gasteiger partial charge in [-0.1, -0.05) is 25.5 Å². The number of nitrogens with zero attached hydrogens (tertiary/aromatic N) is 1. The van der Waals surface area contributed by atoms with Gasteiger partial charge in [0, 0.05) is 44.6 Å². The van der Waals surface area contributed by atoms with Crippen molar-refractivity contribution in [2.75, 3.05) is 18.9 Å². The number of carbonyl (C=O) groups is 3. The average molecular weight is 345 g/mol. The molecule has 2 N–H and O–H groups in total. The van der Waals surface area contributed by atoms with E-state index in [1.165, 1.54) is 4.90 Å². The molecule has 1 unspecified atom stereocenters. The van der Waals surface area contributed by atoms with Gasteiger partial charge in [0.15, 0.2) is 0 Å². The Kier molecular flexibility index (Phi) is 6.98. The molecule has 1 aliphatic heterocycles. The van der Waals surface area contributed by atoms with Crippen molar-refractivity contribution >= 4 is 23.4 Å². The highest BCUT2D eigenvalue weighted by molar-refractivity contribution is 6.03. The van der Waals surface area contributed by atoms with Crippen LogP contribution in [-0.4, -0.2) is 36.2 Å². The molecule has 1 saturated heterocycles. The van der Waals surface area contributed by atoms with E-state index in [-0.39, 0.29) is 23.6 Å². The number of nitrogens with one attached hydrogen (secondary N) is 2. The Hall–Kier alpha value is -2.37. The van der Waals surface area contributed by atoms with Gasteiger partial charge in [0.05, 0.1) is 0 Å². The molecule has 1 aliphatic rings. The van der Waals surface area contributed by atoms with E-state index in [2.05, 4.69) is 10.6 Å². The van der Waals surface area contributed by atoms with Crippen LogP contribution in [0.1, 0.15) is 44.6 Å². The van der Waals surface area contributed by atoms with Crippen LogP contribution in [0.5, 0.6) is 0 Å². The molecular formula is C19H27N3O3. The van der Waals surface area contributed by atoms with Crippen LogP contribution in [0.4, 0.5) is 5.69 Å². The van der Waals surface area contributed by atoms with Crippen LogP contribution in [-0.2, 0) is 20.9 Å². The van der Waals surface area contributed by atoms with Gasteiger partial charge in [-0.2, -0.15) is 0 Å². The van der Waals surface area contributed by atoms with Gasteiger partial charge in [0.2, 0.25) is 17.7 Å². The fraction of sp³-hybridized carbons (Fsp3) is 0.526. The molecule has 1 aromatic carbocycles. The quantitative estimate of drug-likeness (QED) is 0.532. The molecule has 0 aromatic heterocycles. The summed E-state index contributed by atoms with van der Waals surface area (Å²) in [5.41, 5.74) is 2.10. The number of amides is 3. The molecule has 6 heteroatoms. The number of benzene rings is 1. The summed E-state index contributed by atoms with van der Waals surface area (Å²) < 4.78 is 0. The number of likely N-dealkylation sites (tertiary alicyclic amines) is 1. The van der Waals surface area contributed by atoms with Gasteiger partial charge >= 0.3 is 0 Å². The van der Waals surface area contributed by atoms with Crippen molar-refractivity contribution in [1.82, 2.24) is 10.2 Å². The van der Waals surface area contributed by atoms with Crippen LogP contribution in [0.2, 0.25) is 0 Å². The Morgan fingerprint density at radius 2 is 1.88 bits per heavy atom. The van der Waals surface area contributed by atoms with E-state index in [9.17, 15) is 14.4 Å². The molecule has 0 saturated carbocycles. The minimum Gasteiger partial charge on any atom is -0.388 e. The topological polar surface area (TPSA) is 78.5 Å². The monoisotopic (exact) mass is 345 g/mol. The second-order valence-corrected chi connectivity index (χ2v) is 6.52. The fourth-order valence-corrected chi connectivity index (χ4v) is 2.89. The lowest BCUT2D eigenvalue weighted by Crippen LogP contribution is -2.31. The second kappa shape index (κ2) is 9.20. The number of hydrogen-bond donors (Lipinski definition) is 2. The summed E-state index contributed by atoms with van der Waals surface area (Å²) in [6, 6.07) is 7.92. The highest BCUT2D eigenvalue weighted by atomic mass is 16.2. The minimum atomic E-state index is -0.180. The first-order valence-electron chi connectivity index (χ1n) is 8.89. The van der Waals surface area contributed by atoms with Gasteiger partial charge in [-0.05, 0) is 30.5 Å². The maximum absolute atomic E-state index is 11.9. The predicted molar refractivity (Wildman–Crippen MR) is 96.8 cm³/mol. The van der Waals surface area contributed by atoms with E-state index in [0.29, 0.717) is 25.9 Å². The van der Waals surface area contributed by atoms with Crippen molar-refractivity contribution in [2.45, 2.75) is 45.6 Å². The number of imide groups is 1. The summed E-state index contributed by atoms with van der Waals surface area (Å²) in [6.07, 6.45) is 3.14. The highest BCUT2D eigenvalue weighted by Crippen LogP contribution is 2.19. The SMILES string of the molecule is CNc1ccc(CNC(=O)CCCCCN2C(=O)CC(C)C2=O)cc1. The minimum absolute atomic E-state index is 0.0274. The lowest BCUT2D eigenvalue weighted by Gasteiger charge is -2.13. The summed E-state index contributed by atoms with van der Waals surface area (Å²) in [6.45, 7) is 2.79. The Bertz CT molecular complexity index is 613. The lowest BCUT2D eigenvalue weighted by molar-refractivity contribution is -0.139. The molecular weight excluding hydrogens is 318 g/mol. The number of rotatable bonds is 9. The smallest absolute Gasteiger partial charge is 0.232 e. The fourth-order valence-electron chi connectivity index (χ4n) is 2.89. The van der Waals surface area contributed by atoms with Crippen LogP contribution < -0.4 is 10.6 Å². The predicted octanol–water partition coefficient (Wildman–Crippen LogP) is 2.30. The number of unbranched alkanes of at least 4 members (excludes halogenated alkanes) is 2. The molecule has 0 radical (unpaired) electrons. The van der Waals surface area contributed by atoms with E-state index in [1.807, 2.05) is 31.3 Å². The normalized spacial score (nSPS) is 17.0. The molecule has 0 aliphatic carbocycles. The van der Waals surface area contributed by atoms with Crippen molar-refractivity contribution in [3.05, 3.63) is 29.8 Å². The molecule has 1 aromatic rings. The molecule has 136 valence electrons. The van der Waals surface area contributed by atoms with Crippen LogP contribution in [0, 0.1) is 5.92 Å². The highest BCUT2D eigenvalue weighted by Gasteiger charge is 2.34. The largest absolute Gasteiger partial charge is 0.388 e. The maximum Gasteiger partial charge on any atom is 0.232 e. The van der Waals surface area contributed by atoms with Crippen molar-refractivity contribution < 1.29 is 14.4 Å².